The third kappa shape index (κ3) is 3.24. The molecule has 3 rings (SSSR count). The zero-order valence-electron chi connectivity index (χ0n) is 12.9. The van der Waals surface area contributed by atoms with Crippen molar-refractivity contribution in [1.29, 1.82) is 0 Å². The molecule has 0 N–H and O–H groups in total. The van der Waals surface area contributed by atoms with Crippen molar-refractivity contribution in [2.45, 2.75) is 25.8 Å². The number of ether oxygens (including phenoxy) is 1. The second kappa shape index (κ2) is 6.70. The first-order valence-corrected chi connectivity index (χ1v) is 8.47. The van der Waals surface area contributed by atoms with Crippen LogP contribution in [0.2, 0.25) is 0 Å². The first-order valence-electron chi connectivity index (χ1n) is 7.68. The summed E-state index contributed by atoms with van der Waals surface area (Å²) >= 11 is 3.39. The highest BCUT2D eigenvalue weighted by Gasteiger charge is 2.25. The van der Waals surface area contributed by atoms with Gasteiger partial charge in [0.1, 0.15) is 0 Å². The molecule has 1 aromatic heterocycles. The first kappa shape index (κ1) is 16.0. The average Bonchev–Trinajstić information content (AvgIpc) is 2.56. The van der Waals surface area contributed by atoms with Crippen molar-refractivity contribution in [2.75, 3.05) is 19.7 Å². The van der Waals surface area contributed by atoms with Gasteiger partial charge in [-0.2, -0.15) is 0 Å². The topological polar surface area (TPSA) is 64.4 Å². The SMILES string of the molecule is CCOC(=O)N1CCC(n2cnc3ccc(Br)cc3c2=O)CC1. The Morgan fingerprint density at radius 2 is 2.13 bits per heavy atom. The minimum atomic E-state index is -0.279. The molecule has 2 heterocycles. The number of fused-ring (bicyclic) bond motifs is 1. The van der Waals surface area contributed by atoms with E-state index in [2.05, 4.69) is 20.9 Å². The van der Waals surface area contributed by atoms with Crippen LogP contribution < -0.4 is 5.56 Å². The fraction of sp³-hybridized carbons (Fsp3) is 0.438. The molecular weight excluding hydrogens is 362 g/mol. The highest BCUT2D eigenvalue weighted by Crippen LogP contribution is 2.22. The van der Waals surface area contributed by atoms with Crippen molar-refractivity contribution in [2.24, 2.45) is 0 Å². The summed E-state index contributed by atoms with van der Waals surface area (Å²) in [5.41, 5.74) is 0.657. The Labute approximate surface area is 142 Å². The van der Waals surface area contributed by atoms with Crippen LogP contribution in [0.3, 0.4) is 0 Å². The van der Waals surface area contributed by atoms with Gasteiger partial charge in [-0.15, -0.1) is 0 Å². The van der Waals surface area contributed by atoms with Crippen molar-refractivity contribution in [3.8, 4) is 0 Å². The predicted molar refractivity (Wildman–Crippen MR) is 90.6 cm³/mol. The van der Waals surface area contributed by atoms with Crippen molar-refractivity contribution >= 4 is 32.9 Å². The second-order valence-corrected chi connectivity index (χ2v) is 6.45. The van der Waals surface area contributed by atoms with Gasteiger partial charge in [-0.25, -0.2) is 9.78 Å². The zero-order valence-corrected chi connectivity index (χ0v) is 14.5. The van der Waals surface area contributed by atoms with Crippen LogP contribution in [0.4, 0.5) is 4.79 Å². The quantitative estimate of drug-likeness (QED) is 0.804. The molecule has 6 nitrogen and oxygen atoms in total. The van der Waals surface area contributed by atoms with Crippen LogP contribution >= 0.6 is 15.9 Å². The lowest BCUT2D eigenvalue weighted by molar-refractivity contribution is 0.0923. The number of aromatic nitrogens is 2. The Balaban J connectivity index is 1.81. The molecule has 1 aromatic carbocycles. The maximum atomic E-state index is 12.7. The molecule has 1 saturated heterocycles. The van der Waals surface area contributed by atoms with Crippen LogP contribution in [0.15, 0.2) is 33.8 Å². The lowest BCUT2D eigenvalue weighted by Crippen LogP contribution is -2.41. The predicted octanol–water partition coefficient (Wildman–Crippen LogP) is 2.95. The molecule has 0 bridgehead atoms. The monoisotopic (exact) mass is 379 g/mol. The van der Waals surface area contributed by atoms with E-state index in [-0.39, 0.29) is 17.7 Å². The van der Waals surface area contributed by atoms with E-state index < -0.39 is 0 Å². The Morgan fingerprint density at radius 3 is 2.83 bits per heavy atom. The number of carbonyl (C=O) groups excluding carboxylic acids is 1. The van der Waals surface area contributed by atoms with Crippen LogP contribution in [0.5, 0.6) is 0 Å². The second-order valence-electron chi connectivity index (χ2n) is 5.54. The molecular formula is C16H18BrN3O3. The molecule has 0 atom stereocenters. The maximum absolute atomic E-state index is 12.7. The van der Waals surface area contributed by atoms with Crippen LogP contribution in [0.1, 0.15) is 25.8 Å². The summed E-state index contributed by atoms with van der Waals surface area (Å²) in [6, 6.07) is 5.56. The summed E-state index contributed by atoms with van der Waals surface area (Å²) in [5.74, 6) is 0. The van der Waals surface area contributed by atoms with Gasteiger partial charge in [-0.05, 0) is 38.0 Å². The minimum Gasteiger partial charge on any atom is -0.450 e. The average molecular weight is 380 g/mol. The Hall–Kier alpha value is -1.89. The lowest BCUT2D eigenvalue weighted by Gasteiger charge is -2.32. The molecule has 7 heteroatoms. The highest BCUT2D eigenvalue weighted by atomic mass is 79.9. The Kier molecular flexibility index (Phi) is 4.66. The maximum Gasteiger partial charge on any atom is 0.409 e. The van der Waals surface area contributed by atoms with Gasteiger partial charge in [0, 0.05) is 23.6 Å². The van der Waals surface area contributed by atoms with E-state index >= 15 is 0 Å². The van der Waals surface area contributed by atoms with Crippen molar-refractivity contribution in [3.63, 3.8) is 0 Å². The van der Waals surface area contributed by atoms with E-state index in [1.54, 1.807) is 28.8 Å². The molecule has 1 fully saturated rings. The number of rotatable bonds is 2. The number of hydrogen-bond acceptors (Lipinski definition) is 4. The number of hydrogen-bond donors (Lipinski definition) is 0. The minimum absolute atomic E-state index is 0.0362. The number of amides is 1. The molecule has 0 saturated carbocycles. The lowest BCUT2D eigenvalue weighted by atomic mass is 10.0. The molecule has 0 radical (unpaired) electrons. The van der Waals surface area contributed by atoms with Gasteiger partial charge < -0.3 is 9.64 Å². The molecule has 1 aliphatic rings. The molecule has 1 aliphatic heterocycles. The summed E-state index contributed by atoms with van der Waals surface area (Å²) in [6.07, 6.45) is 2.78. The number of carbonyl (C=O) groups is 1. The summed E-state index contributed by atoms with van der Waals surface area (Å²) in [5, 5.41) is 0.606. The van der Waals surface area contributed by atoms with Crippen LogP contribution in [-0.2, 0) is 4.74 Å². The number of likely N-dealkylation sites (tertiary alicyclic amines) is 1. The van der Waals surface area contributed by atoms with E-state index in [1.165, 1.54) is 0 Å². The summed E-state index contributed by atoms with van der Waals surface area (Å²) in [6.45, 7) is 3.35. The highest BCUT2D eigenvalue weighted by molar-refractivity contribution is 9.10. The van der Waals surface area contributed by atoms with Gasteiger partial charge in [-0.1, -0.05) is 15.9 Å². The van der Waals surface area contributed by atoms with Gasteiger partial charge >= 0.3 is 6.09 Å². The number of benzene rings is 1. The molecule has 2 aromatic rings. The van der Waals surface area contributed by atoms with E-state index in [1.807, 2.05) is 12.1 Å². The number of halogens is 1. The third-order valence-electron chi connectivity index (χ3n) is 4.13. The fourth-order valence-corrected chi connectivity index (χ4v) is 3.27. The smallest absolute Gasteiger partial charge is 0.409 e. The molecule has 0 spiro atoms. The Morgan fingerprint density at radius 1 is 1.39 bits per heavy atom. The van der Waals surface area contributed by atoms with E-state index in [0.29, 0.717) is 30.6 Å². The van der Waals surface area contributed by atoms with E-state index in [4.69, 9.17) is 4.74 Å². The van der Waals surface area contributed by atoms with Crippen LogP contribution in [0.25, 0.3) is 10.9 Å². The first-order chi connectivity index (χ1) is 11.1. The summed E-state index contributed by atoms with van der Waals surface area (Å²) in [7, 11) is 0. The largest absolute Gasteiger partial charge is 0.450 e. The van der Waals surface area contributed by atoms with Crippen molar-refractivity contribution in [1.82, 2.24) is 14.5 Å². The standard InChI is InChI=1S/C16H18BrN3O3/c1-2-23-16(22)19-7-5-12(6-8-19)20-10-18-14-4-3-11(17)9-13(14)15(20)21/h3-4,9-10,12H,2,5-8H2,1H3. The van der Waals surface area contributed by atoms with E-state index in [9.17, 15) is 9.59 Å². The van der Waals surface area contributed by atoms with Crippen molar-refractivity contribution in [3.05, 3.63) is 39.4 Å². The normalized spacial score (nSPS) is 15.8. The number of nitrogens with zero attached hydrogens (tertiary/aromatic N) is 3. The summed E-state index contributed by atoms with van der Waals surface area (Å²) < 4.78 is 7.57. The van der Waals surface area contributed by atoms with Gasteiger partial charge in [0.25, 0.3) is 5.56 Å². The van der Waals surface area contributed by atoms with Crippen LogP contribution in [-0.4, -0.2) is 40.2 Å². The Bertz CT molecular complexity index is 782. The molecule has 0 aliphatic carbocycles. The van der Waals surface area contributed by atoms with E-state index in [0.717, 1.165) is 17.3 Å². The van der Waals surface area contributed by atoms with Crippen LogP contribution in [0, 0.1) is 0 Å². The fourth-order valence-electron chi connectivity index (χ4n) is 2.91. The van der Waals surface area contributed by atoms with Gasteiger partial charge in [0.2, 0.25) is 0 Å². The van der Waals surface area contributed by atoms with Gasteiger partial charge in [0.05, 0.1) is 23.8 Å². The molecule has 1 amide bonds. The van der Waals surface area contributed by atoms with Gasteiger partial charge in [0.15, 0.2) is 0 Å². The zero-order chi connectivity index (χ0) is 16.4. The van der Waals surface area contributed by atoms with Gasteiger partial charge in [-0.3, -0.25) is 9.36 Å². The molecule has 0 unspecified atom stereocenters. The molecule has 23 heavy (non-hydrogen) atoms. The number of piperidine rings is 1. The third-order valence-corrected chi connectivity index (χ3v) is 4.62. The van der Waals surface area contributed by atoms with Crippen molar-refractivity contribution < 1.29 is 9.53 Å². The summed E-state index contributed by atoms with van der Waals surface area (Å²) in [4.78, 5) is 30.5. The molecule has 122 valence electrons.